The molecule has 0 amide bonds. The minimum Gasteiger partial charge on any atom is -0.315 e. The maximum Gasteiger partial charge on any atom is 0.0540 e. The first-order valence-electron chi connectivity index (χ1n) is 23.5. The zero-order valence-electron chi connectivity index (χ0n) is 38.8. The lowest BCUT2D eigenvalue weighted by atomic mass is 9.93. The second-order valence-corrected chi connectivity index (χ2v) is 16.9. The van der Waals surface area contributed by atoms with Crippen molar-refractivity contribution < 1.29 is 0 Å². The van der Waals surface area contributed by atoms with Gasteiger partial charge in [0.2, 0.25) is 0 Å². The maximum absolute atomic E-state index is 4.04. The van der Waals surface area contributed by atoms with Crippen molar-refractivity contribution in [3.05, 3.63) is 302 Å². The van der Waals surface area contributed by atoms with E-state index in [2.05, 4.69) is 273 Å². The monoisotopic (exact) mass is 876 g/mol. The third-order valence-electron chi connectivity index (χ3n) is 12.6. The Labute approximate surface area is 403 Å². The molecule has 1 aliphatic carbocycles. The third kappa shape index (κ3) is 10.3. The van der Waals surface area contributed by atoms with E-state index in [4.69, 9.17) is 0 Å². The SMILES string of the molecule is C=C/C=C(\C=C)c1ccc(N(c2ccc(-c3ccccc3)cc2)c2ccccc2-c2ccc(C3=CC=C(N(C(/C=C\Cc4ccccc4)=C/C)c4ccc(-c5ccccc5)cc4)CC3)cc2)cc1. The van der Waals surface area contributed by atoms with Crippen LogP contribution in [0.5, 0.6) is 0 Å². The molecule has 0 saturated carbocycles. The highest BCUT2D eigenvalue weighted by atomic mass is 15.2. The van der Waals surface area contributed by atoms with E-state index in [1.807, 2.05) is 12.2 Å². The van der Waals surface area contributed by atoms with E-state index in [-0.39, 0.29) is 0 Å². The first-order valence-corrected chi connectivity index (χ1v) is 23.5. The smallest absolute Gasteiger partial charge is 0.0540 e. The lowest BCUT2D eigenvalue weighted by Gasteiger charge is -2.31. The molecule has 1 aliphatic rings. The third-order valence-corrected chi connectivity index (χ3v) is 12.6. The van der Waals surface area contributed by atoms with Crippen molar-refractivity contribution in [1.29, 1.82) is 0 Å². The Morgan fingerprint density at radius 3 is 1.57 bits per heavy atom. The fraction of sp³-hybridized carbons (Fsp3) is 0.0606. The van der Waals surface area contributed by atoms with Crippen LogP contribution in [0.25, 0.3) is 44.5 Å². The summed E-state index contributed by atoms with van der Waals surface area (Å²) in [7, 11) is 0. The van der Waals surface area contributed by atoms with Crippen LogP contribution in [-0.4, -0.2) is 0 Å². The van der Waals surface area contributed by atoms with Crippen LogP contribution in [0.4, 0.5) is 22.7 Å². The van der Waals surface area contributed by atoms with E-state index >= 15 is 0 Å². The van der Waals surface area contributed by atoms with Gasteiger partial charge in [-0.2, -0.15) is 0 Å². The highest BCUT2D eigenvalue weighted by Crippen LogP contribution is 2.42. The van der Waals surface area contributed by atoms with Gasteiger partial charge in [-0.05, 0) is 136 Å². The van der Waals surface area contributed by atoms with Crippen molar-refractivity contribution in [2.45, 2.75) is 26.2 Å². The van der Waals surface area contributed by atoms with E-state index in [9.17, 15) is 0 Å². The molecule has 0 heterocycles. The van der Waals surface area contributed by atoms with Gasteiger partial charge in [-0.25, -0.2) is 0 Å². The van der Waals surface area contributed by atoms with Crippen molar-refractivity contribution in [2.75, 3.05) is 9.80 Å². The first-order chi connectivity index (χ1) is 33.6. The average Bonchev–Trinajstić information content (AvgIpc) is 3.42. The standard InChI is InChI=1S/C66H56N2/c1-4-19-51(5-2)54-34-46-63(47-35-54)68(64-48-40-57(41-49-64)53-25-14-9-15-26-53)66-29-17-16-28-65(66)59-32-30-55(31-33-59)58-38-44-62(45-39-58)67(60(6-3)27-18-22-50-20-10-7-11-21-50)61-42-36-56(37-43-61)52-23-12-8-13-24-52/h4-21,23-38,40-44,46-49H,1-2,22,39,45H2,3H3/b27-18-,51-19+,60-6+. The molecule has 2 heteroatoms. The molecule has 0 spiro atoms. The van der Waals surface area contributed by atoms with E-state index in [1.165, 1.54) is 44.7 Å². The van der Waals surface area contributed by atoms with Crippen molar-refractivity contribution in [2.24, 2.45) is 0 Å². The number of nitrogens with zero attached hydrogens (tertiary/aromatic N) is 2. The summed E-state index contributed by atoms with van der Waals surface area (Å²) in [4.78, 5) is 4.79. The van der Waals surface area contributed by atoms with Gasteiger partial charge in [0.15, 0.2) is 0 Å². The zero-order chi connectivity index (χ0) is 46.5. The molecule has 330 valence electrons. The minimum atomic E-state index is 0.876. The van der Waals surface area contributed by atoms with Gasteiger partial charge >= 0.3 is 0 Å². The molecule has 0 bridgehead atoms. The van der Waals surface area contributed by atoms with Gasteiger partial charge in [-0.3, -0.25) is 0 Å². The fourth-order valence-corrected chi connectivity index (χ4v) is 9.05. The van der Waals surface area contributed by atoms with Crippen LogP contribution in [0.2, 0.25) is 0 Å². The van der Waals surface area contributed by atoms with Gasteiger partial charge in [0.25, 0.3) is 0 Å². The molecular weight excluding hydrogens is 821 g/mol. The molecule has 0 fully saturated rings. The lowest BCUT2D eigenvalue weighted by Crippen LogP contribution is -2.22. The molecule has 0 radical (unpaired) electrons. The Bertz CT molecular complexity index is 3110. The summed E-state index contributed by atoms with van der Waals surface area (Å²) in [5, 5.41) is 0. The second-order valence-electron chi connectivity index (χ2n) is 16.9. The van der Waals surface area contributed by atoms with Crippen LogP contribution >= 0.6 is 0 Å². The zero-order valence-corrected chi connectivity index (χ0v) is 38.8. The molecule has 68 heavy (non-hydrogen) atoms. The van der Waals surface area contributed by atoms with Crippen molar-refractivity contribution in [3.8, 4) is 33.4 Å². The molecule has 0 aromatic heterocycles. The number of hydrogen-bond donors (Lipinski definition) is 0. The summed E-state index contributed by atoms with van der Waals surface area (Å²) in [6.45, 7) is 10.1. The Kier molecular flexibility index (Phi) is 14.3. The Hall–Kier alpha value is -8.46. The number of hydrogen-bond acceptors (Lipinski definition) is 2. The lowest BCUT2D eigenvalue weighted by molar-refractivity contribution is 0.911. The van der Waals surface area contributed by atoms with E-state index in [0.717, 1.165) is 70.0 Å². The predicted octanol–water partition coefficient (Wildman–Crippen LogP) is 18.2. The highest BCUT2D eigenvalue weighted by molar-refractivity contribution is 5.89. The molecule has 8 aromatic rings. The van der Waals surface area contributed by atoms with Crippen LogP contribution < -0.4 is 9.80 Å². The number of rotatable bonds is 16. The largest absolute Gasteiger partial charge is 0.315 e. The van der Waals surface area contributed by atoms with Gasteiger partial charge in [-0.15, -0.1) is 0 Å². The Morgan fingerprint density at radius 2 is 1.01 bits per heavy atom. The minimum absolute atomic E-state index is 0.876. The normalized spacial score (nSPS) is 12.8. The molecule has 8 aromatic carbocycles. The molecule has 0 N–H and O–H groups in total. The average molecular weight is 877 g/mol. The fourth-order valence-electron chi connectivity index (χ4n) is 9.05. The van der Waals surface area contributed by atoms with Crippen LogP contribution in [0.3, 0.4) is 0 Å². The van der Waals surface area contributed by atoms with E-state index in [0.29, 0.717) is 0 Å². The summed E-state index contributed by atoms with van der Waals surface area (Å²) >= 11 is 0. The van der Waals surface area contributed by atoms with Crippen LogP contribution in [-0.2, 0) is 6.42 Å². The van der Waals surface area contributed by atoms with Gasteiger partial charge in [0.05, 0.1) is 5.69 Å². The van der Waals surface area contributed by atoms with Crippen LogP contribution in [0, 0.1) is 0 Å². The number of benzene rings is 8. The van der Waals surface area contributed by atoms with Gasteiger partial charge in [-0.1, -0.05) is 219 Å². The molecular formula is C66H56N2. The van der Waals surface area contributed by atoms with E-state index < -0.39 is 0 Å². The van der Waals surface area contributed by atoms with Crippen molar-refractivity contribution >= 4 is 33.9 Å². The summed E-state index contributed by atoms with van der Waals surface area (Å²) in [5.74, 6) is 0. The number of para-hydroxylation sites is 1. The summed E-state index contributed by atoms with van der Waals surface area (Å²) in [6.07, 6.45) is 19.8. The summed E-state index contributed by atoms with van der Waals surface area (Å²) < 4.78 is 0. The summed E-state index contributed by atoms with van der Waals surface area (Å²) in [5.41, 5.74) is 19.9. The molecule has 2 nitrogen and oxygen atoms in total. The molecule has 0 aliphatic heterocycles. The van der Waals surface area contributed by atoms with Crippen LogP contribution in [0.15, 0.2) is 285 Å². The quantitative estimate of drug-likeness (QED) is 0.0893. The number of allylic oxidation sites excluding steroid dienone is 11. The maximum atomic E-state index is 4.04. The molecule has 0 unspecified atom stereocenters. The van der Waals surface area contributed by atoms with Crippen LogP contribution in [0.1, 0.15) is 36.5 Å². The number of anilines is 4. The highest BCUT2D eigenvalue weighted by Gasteiger charge is 2.21. The molecule has 0 atom stereocenters. The van der Waals surface area contributed by atoms with Gasteiger partial charge in [0, 0.05) is 34.0 Å². The second kappa shape index (κ2) is 21.7. The predicted molar refractivity (Wildman–Crippen MR) is 293 cm³/mol. The molecule has 0 saturated heterocycles. The van der Waals surface area contributed by atoms with Gasteiger partial charge in [0.1, 0.15) is 0 Å². The Balaban J connectivity index is 1.02. The Morgan fingerprint density at radius 1 is 0.500 bits per heavy atom. The van der Waals surface area contributed by atoms with Gasteiger partial charge < -0.3 is 9.80 Å². The first kappa shape index (κ1) is 44.7. The van der Waals surface area contributed by atoms with Crippen molar-refractivity contribution in [3.63, 3.8) is 0 Å². The summed E-state index contributed by atoms with van der Waals surface area (Å²) in [6, 6.07) is 76.2. The topological polar surface area (TPSA) is 6.48 Å². The van der Waals surface area contributed by atoms with E-state index in [1.54, 1.807) is 6.08 Å². The van der Waals surface area contributed by atoms with Crippen molar-refractivity contribution in [1.82, 2.24) is 0 Å². The molecule has 9 rings (SSSR count).